The van der Waals surface area contributed by atoms with Gasteiger partial charge in [-0.1, -0.05) is 6.92 Å². The molecule has 0 radical (unpaired) electrons. The molecule has 1 aromatic heterocycles. The van der Waals surface area contributed by atoms with E-state index in [0.29, 0.717) is 17.6 Å². The van der Waals surface area contributed by atoms with Crippen molar-refractivity contribution in [3.8, 4) is 0 Å². The van der Waals surface area contributed by atoms with Gasteiger partial charge in [-0.25, -0.2) is 0 Å². The van der Waals surface area contributed by atoms with Crippen LogP contribution in [-0.4, -0.2) is 4.57 Å². The Balaban J connectivity index is 0.000000845. The molecule has 3 nitrogen and oxygen atoms in total. The van der Waals surface area contributed by atoms with Gasteiger partial charge in [-0.15, -0.1) is 12.4 Å². The number of nitrogens with two attached hydrogens (primary N) is 1. The van der Waals surface area contributed by atoms with Crippen LogP contribution in [0.1, 0.15) is 19.4 Å². The first kappa shape index (κ1) is 10.1. The molecule has 1 aromatic rings. The fourth-order valence-corrected chi connectivity index (χ4v) is 1.48. The van der Waals surface area contributed by atoms with Crippen LogP contribution in [0.5, 0.6) is 0 Å². The normalized spacial score (nSPS) is 25.0. The molecule has 0 bridgehead atoms. The third-order valence-electron chi connectivity index (χ3n) is 2.43. The zero-order chi connectivity index (χ0) is 8.72. The average molecular weight is 201 g/mol. The molecule has 0 amide bonds. The second kappa shape index (κ2) is 3.42. The highest BCUT2D eigenvalue weighted by Gasteiger charge is 2.34. The first-order chi connectivity index (χ1) is 5.70. The Labute approximate surface area is 83.0 Å². The van der Waals surface area contributed by atoms with E-state index in [0.717, 1.165) is 6.42 Å². The standard InChI is InChI=1S/C9H12N2O.ClH/c1-6-5-8(6)11-4-2-3-7(10)9(11)12;/h2-4,6,8H,5,10H2,1H3;1H. The summed E-state index contributed by atoms with van der Waals surface area (Å²) in [6.45, 7) is 2.14. The summed E-state index contributed by atoms with van der Waals surface area (Å²) in [6, 6.07) is 3.86. The van der Waals surface area contributed by atoms with E-state index in [9.17, 15) is 4.79 Å². The highest BCUT2D eigenvalue weighted by Crippen LogP contribution is 2.41. The smallest absolute Gasteiger partial charge is 0.273 e. The number of hydrogen-bond acceptors (Lipinski definition) is 2. The molecule has 1 aliphatic carbocycles. The Bertz CT molecular complexity index is 361. The SMILES string of the molecule is CC1CC1n1cccc(N)c1=O.Cl. The number of halogens is 1. The lowest BCUT2D eigenvalue weighted by Crippen LogP contribution is -2.21. The molecular formula is C9H13ClN2O. The third kappa shape index (κ3) is 1.70. The van der Waals surface area contributed by atoms with Crippen LogP contribution in [-0.2, 0) is 0 Å². The van der Waals surface area contributed by atoms with E-state index >= 15 is 0 Å². The van der Waals surface area contributed by atoms with Gasteiger partial charge in [0.2, 0.25) is 0 Å². The first-order valence-electron chi connectivity index (χ1n) is 4.17. The summed E-state index contributed by atoms with van der Waals surface area (Å²) in [5, 5.41) is 0. The van der Waals surface area contributed by atoms with Crippen LogP contribution >= 0.6 is 12.4 Å². The van der Waals surface area contributed by atoms with E-state index < -0.39 is 0 Å². The van der Waals surface area contributed by atoms with Crippen LogP contribution in [0.4, 0.5) is 5.69 Å². The second-order valence-corrected chi connectivity index (χ2v) is 3.46. The van der Waals surface area contributed by atoms with Gasteiger partial charge in [0.1, 0.15) is 0 Å². The van der Waals surface area contributed by atoms with Crippen molar-refractivity contribution < 1.29 is 0 Å². The van der Waals surface area contributed by atoms with Gasteiger partial charge in [0.15, 0.2) is 0 Å². The second-order valence-electron chi connectivity index (χ2n) is 3.46. The number of nitrogen functional groups attached to an aromatic ring is 1. The molecule has 4 heteroatoms. The molecule has 0 saturated heterocycles. The fraction of sp³-hybridized carbons (Fsp3) is 0.444. The molecule has 2 N–H and O–H groups in total. The van der Waals surface area contributed by atoms with Gasteiger partial charge in [-0.05, 0) is 24.5 Å². The summed E-state index contributed by atoms with van der Waals surface area (Å²) >= 11 is 0. The van der Waals surface area contributed by atoms with E-state index in [-0.39, 0.29) is 18.0 Å². The van der Waals surface area contributed by atoms with Gasteiger partial charge in [0.25, 0.3) is 5.56 Å². The summed E-state index contributed by atoms with van der Waals surface area (Å²) in [5.74, 6) is 0.629. The minimum Gasteiger partial charge on any atom is -0.394 e. The van der Waals surface area contributed by atoms with Crippen molar-refractivity contribution in [3.63, 3.8) is 0 Å². The maximum absolute atomic E-state index is 11.4. The summed E-state index contributed by atoms with van der Waals surface area (Å²) < 4.78 is 1.74. The van der Waals surface area contributed by atoms with Crippen molar-refractivity contribution in [1.29, 1.82) is 0 Å². The maximum Gasteiger partial charge on any atom is 0.273 e. The minimum atomic E-state index is -0.0492. The van der Waals surface area contributed by atoms with E-state index in [4.69, 9.17) is 5.73 Å². The quantitative estimate of drug-likeness (QED) is 0.746. The van der Waals surface area contributed by atoms with Crippen molar-refractivity contribution in [2.75, 3.05) is 5.73 Å². The van der Waals surface area contributed by atoms with Crippen LogP contribution in [0.2, 0.25) is 0 Å². The Kier molecular flexibility index (Phi) is 2.66. The van der Waals surface area contributed by atoms with Crippen molar-refractivity contribution in [2.45, 2.75) is 19.4 Å². The monoisotopic (exact) mass is 200 g/mol. The number of rotatable bonds is 1. The van der Waals surface area contributed by atoms with Crippen molar-refractivity contribution >= 4 is 18.1 Å². The van der Waals surface area contributed by atoms with Crippen molar-refractivity contribution in [3.05, 3.63) is 28.7 Å². The van der Waals surface area contributed by atoms with Crippen LogP contribution in [0.15, 0.2) is 23.1 Å². The molecule has 0 aromatic carbocycles. The largest absolute Gasteiger partial charge is 0.394 e. The topological polar surface area (TPSA) is 48.0 Å². The van der Waals surface area contributed by atoms with Crippen LogP contribution < -0.4 is 11.3 Å². The number of anilines is 1. The zero-order valence-electron chi connectivity index (χ0n) is 7.43. The molecule has 1 aliphatic rings. The molecule has 13 heavy (non-hydrogen) atoms. The Morgan fingerprint density at radius 3 is 2.77 bits per heavy atom. The Hall–Kier alpha value is -0.960. The summed E-state index contributed by atoms with van der Waals surface area (Å²) in [7, 11) is 0. The fourth-order valence-electron chi connectivity index (χ4n) is 1.48. The van der Waals surface area contributed by atoms with Gasteiger partial charge in [-0.3, -0.25) is 4.79 Å². The molecule has 1 heterocycles. The molecule has 2 rings (SSSR count). The molecule has 0 spiro atoms. The highest BCUT2D eigenvalue weighted by molar-refractivity contribution is 5.85. The molecule has 1 fully saturated rings. The highest BCUT2D eigenvalue weighted by atomic mass is 35.5. The molecule has 1 saturated carbocycles. The summed E-state index contributed by atoms with van der Waals surface area (Å²) in [6.07, 6.45) is 2.91. The third-order valence-corrected chi connectivity index (χ3v) is 2.43. The van der Waals surface area contributed by atoms with Gasteiger partial charge < -0.3 is 10.3 Å². The number of nitrogens with zero attached hydrogens (tertiary/aromatic N) is 1. The number of aromatic nitrogens is 1. The molecular weight excluding hydrogens is 188 g/mol. The van der Waals surface area contributed by atoms with Gasteiger partial charge >= 0.3 is 0 Å². The van der Waals surface area contributed by atoms with E-state index in [2.05, 4.69) is 6.92 Å². The van der Waals surface area contributed by atoms with Crippen LogP contribution in [0.25, 0.3) is 0 Å². The van der Waals surface area contributed by atoms with Gasteiger partial charge in [-0.2, -0.15) is 0 Å². The zero-order valence-corrected chi connectivity index (χ0v) is 8.25. The van der Waals surface area contributed by atoms with Gasteiger partial charge in [0, 0.05) is 12.2 Å². The Morgan fingerprint density at radius 1 is 1.62 bits per heavy atom. The van der Waals surface area contributed by atoms with Gasteiger partial charge in [0.05, 0.1) is 5.69 Å². The lowest BCUT2D eigenvalue weighted by molar-refractivity contribution is 0.661. The van der Waals surface area contributed by atoms with Crippen molar-refractivity contribution in [2.24, 2.45) is 5.92 Å². The van der Waals surface area contributed by atoms with E-state index in [1.165, 1.54) is 0 Å². The Morgan fingerprint density at radius 2 is 2.23 bits per heavy atom. The number of hydrogen-bond donors (Lipinski definition) is 1. The molecule has 72 valence electrons. The average Bonchev–Trinajstić information content (AvgIpc) is 2.73. The van der Waals surface area contributed by atoms with Crippen LogP contribution in [0.3, 0.4) is 0 Å². The minimum absolute atomic E-state index is 0. The predicted molar refractivity (Wildman–Crippen MR) is 55.2 cm³/mol. The van der Waals surface area contributed by atoms with E-state index in [1.807, 2.05) is 12.3 Å². The van der Waals surface area contributed by atoms with Crippen LogP contribution in [0, 0.1) is 5.92 Å². The molecule has 0 aliphatic heterocycles. The molecule has 2 unspecified atom stereocenters. The summed E-state index contributed by atoms with van der Waals surface area (Å²) in [5.41, 5.74) is 5.79. The lowest BCUT2D eigenvalue weighted by Gasteiger charge is -2.03. The molecule has 2 atom stereocenters. The van der Waals surface area contributed by atoms with Crippen molar-refractivity contribution in [1.82, 2.24) is 4.57 Å². The first-order valence-corrected chi connectivity index (χ1v) is 4.17. The van der Waals surface area contributed by atoms with E-state index in [1.54, 1.807) is 10.6 Å². The predicted octanol–water partition coefficient (Wildman–Crippen LogP) is 1.43. The summed E-state index contributed by atoms with van der Waals surface area (Å²) in [4.78, 5) is 11.4. The lowest BCUT2D eigenvalue weighted by atomic mass is 10.4. The number of pyridine rings is 1. The maximum atomic E-state index is 11.4.